The predicted octanol–water partition coefficient (Wildman–Crippen LogP) is 1.95. The van der Waals surface area contributed by atoms with Gasteiger partial charge in [-0.15, -0.1) is 0 Å². The average molecular weight is 229 g/mol. The lowest BCUT2D eigenvalue weighted by Gasteiger charge is -2.32. The van der Waals surface area contributed by atoms with Gasteiger partial charge in [-0.2, -0.15) is 16.9 Å². The van der Waals surface area contributed by atoms with E-state index in [0.717, 1.165) is 18.6 Å². The molecule has 0 aliphatic carbocycles. The van der Waals surface area contributed by atoms with E-state index < -0.39 is 6.03 Å². The second-order valence-corrected chi connectivity index (χ2v) is 5.65. The largest absolute Gasteiger partial charge is 0.350 e. The van der Waals surface area contributed by atoms with Gasteiger partial charge >= 0.3 is 6.03 Å². The number of rotatable bonds is 2. The fourth-order valence-corrected chi connectivity index (χ4v) is 3.33. The van der Waals surface area contributed by atoms with Crippen LogP contribution in [0.4, 0.5) is 4.79 Å². The third kappa shape index (κ3) is 3.41. The first kappa shape index (κ1) is 12.4. The monoisotopic (exact) mass is 229 g/mol. The SMILES string of the molecule is CC[C@@H]1S[C@@H](C)C/C(=N/NC(N)=O)[C@@H]1C. The number of nitrogens with two attached hydrogens (primary N) is 1. The summed E-state index contributed by atoms with van der Waals surface area (Å²) < 4.78 is 0. The predicted molar refractivity (Wildman–Crippen MR) is 65.1 cm³/mol. The molecule has 3 N–H and O–H groups in total. The Morgan fingerprint density at radius 2 is 2.33 bits per heavy atom. The van der Waals surface area contributed by atoms with E-state index in [0.29, 0.717) is 16.4 Å². The number of carbonyl (C=O) groups is 1. The van der Waals surface area contributed by atoms with E-state index >= 15 is 0 Å². The number of hydrazone groups is 1. The lowest BCUT2D eigenvalue weighted by atomic mass is 9.95. The average Bonchev–Trinajstić information content (AvgIpc) is 2.18. The maximum absolute atomic E-state index is 10.6. The molecule has 1 fully saturated rings. The van der Waals surface area contributed by atoms with E-state index in [-0.39, 0.29) is 0 Å². The van der Waals surface area contributed by atoms with Gasteiger partial charge in [0.15, 0.2) is 0 Å². The molecule has 0 aromatic carbocycles. The summed E-state index contributed by atoms with van der Waals surface area (Å²) in [4.78, 5) is 10.6. The number of thioether (sulfide) groups is 1. The molecule has 2 amide bonds. The Bertz CT molecular complexity index is 267. The van der Waals surface area contributed by atoms with E-state index in [9.17, 15) is 4.79 Å². The Hall–Kier alpha value is -0.710. The van der Waals surface area contributed by atoms with Gasteiger partial charge in [-0.05, 0) is 12.8 Å². The zero-order valence-electron chi connectivity index (χ0n) is 9.49. The molecule has 1 rings (SSSR count). The Morgan fingerprint density at radius 1 is 1.67 bits per heavy atom. The quantitative estimate of drug-likeness (QED) is 0.711. The first-order valence-corrected chi connectivity index (χ1v) is 6.26. The number of urea groups is 1. The van der Waals surface area contributed by atoms with Gasteiger partial charge in [0.2, 0.25) is 0 Å². The number of carbonyl (C=O) groups excluding carboxylic acids is 1. The van der Waals surface area contributed by atoms with Crippen LogP contribution in [0.2, 0.25) is 0 Å². The minimum Gasteiger partial charge on any atom is -0.350 e. The van der Waals surface area contributed by atoms with Gasteiger partial charge in [0.05, 0.1) is 0 Å². The summed E-state index contributed by atoms with van der Waals surface area (Å²) in [5, 5.41) is 5.26. The van der Waals surface area contributed by atoms with Crippen LogP contribution in [0.1, 0.15) is 33.6 Å². The van der Waals surface area contributed by atoms with Gasteiger partial charge in [0.25, 0.3) is 0 Å². The third-order valence-corrected chi connectivity index (χ3v) is 4.42. The van der Waals surface area contributed by atoms with Crippen molar-refractivity contribution >= 4 is 23.5 Å². The fourth-order valence-electron chi connectivity index (χ4n) is 1.88. The van der Waals surface area contributed by atoms with Crippen LogP contribution >= 0.6 is 11.8 Å². The van der Waals surface area contributed by atoms with Crippen LogP contribution in [0.25, 0.3) is 0 Å². The maximum Gasteiger partial charge on any atom is 0.332 e. The van der Waals surface area contributed by atoms with E-state index in [1.54, 1.807) is 0 Å². The highest BCUT2D eigenvalue weighted by molar-refractivity contribution is 8.00. The van der Waals surface area contributed by atoms with E-state index in [1.165, 1.54) is 0 Å². The number of amides is 2. The summed E-state index contributed by atoms with van der Waals surface area (Å²) in [6.45, 7) is 6.54. The van der Waals surface area contributed by atoms with Crippen LogP contribution in [0.5, 0.6) is 0 Å². The van der Waals surface area contributed by atoms with E-state index in [1.807, 2.05) is 11.8 Å². The van der Waals surface area contributed by atoms with Crippen molar-refractivity contribution < 1.29 is 4.79 Å². The highest BCUT2D eigenvalue weighted by Crippen LogP contribution is 2.35. The Labute approximate surface area is 95.1 Å². The van der Waals surface area contributed by atoms with Crippen LogP contribution in [-0.4, -0.2) is 22.2 Å². The molecule has 0 spiro atoms. The van der Waals surface area contributed by atoms with Gasteiger partial charge in [0.1, 0.15) is 0 Å². The molecule has 4 nitrogen and oxygen atoms in total. The molecule has 1 aliphatic heterocycles. The number of primary amides is 1. The summed E-state index contributed by atoms with van der Waals surface area (Å²) in [5.74, 6) is 0.419. The van der Waals surface area contributed by atoms with Gasteiger partial charge in [-0.25, -0.2) is 10.2 Å². The highest BCUT2D eigenvalue weighted by Gasteiger charge is 2.29. The van der Waals surface area contributed by atoms with Crippen LogP contribution in [-0.2, 0) is 0 Å². The van der Waals surface area contributed by atoms with E-state index in [2.05, 4.69) is 31.3 Å². The molecule has 15 heavy (non-hydrogen) atoms. The molecule has 5 heteroatoms. The summed E-state index contributed by atoms with van der Waals surface area (Å²) >= 11 is 2.01. The van der Waals surface area contributed by atoms with Gasteiger partial charge in [-0.3, -0.25) is 0 Å². The fraction of sp³-hybridized carbons (Fsp3) is 0.800. The molecule has 0 radical (unpaired) electrons. The summed E-state index contributed by atoms with van der Waals surface area (Å²) in [7, 11) is 0. The van der Waals surface area contributed by atoms with Crippen molar-refractivity contribution in [2.45, 2.75) is 44.1 Å². The number of hydrogen-bond donors (Lipinski definition) is 2. The Morgan fingerprint density at radius 3 is 2.87 bits per heavy atom. The molecule has 3 atom stereocenters. The molecule has 86 valence electrons. The normalized spacial score (nSPS) is 34.1. The lowest BCUT2D eigenvalue weighted by molar-refractivity contribution is 0.249. The zero-order chi connectivity index (χ0) is 11.4. The molecule has 0 aromatic rings. The van der Waals surface area contributed by atoms with Crippen LogP contribution in [0, 0.1) is 5.92 Å². The minimum atomic E-state index is -0.589. The first-order valence-electron chi connectivity index (χ1n) is 5.32. The standard InChI is InChI=1S/C10H19N3OS/c1-4-9-7(3)8(5-6(2)15-9)12-13-10(11)14/h6-7,9H,4-5H2,1-3H3,(H3,11,13,14)/b12-8-/t6-,7-,9-/m0/s1. The summed E-state index contributed by atoms with van der Waals surface area (Å²) in [5.41, 5.74) is 8.38. The minimum absolute atomic E-state index is 0.419. The third-order valence-electron chi connectivity index (χ3n) is 2.70. The molecular weight excluding hydrogens is 210 g/mol. The van der Waals surface area contributed by atoms with Crippen LogP contribution in [0.15, 0.2) is 5.10 Å². The molecule has 0 unspecified atom stereocenters. The number of nitrogens with zero attached hydrogens (tertiary/aromatic N) is 1. The van der Waals surface area contributed by atoms with Crippen molar-refractivity contribution in [2.75, 3.05) is 0 Å². The number of hydrogen-bond acceptors (Lipinski definition) is 3. The van der Waals surface area contributed by atoms with Crippen molar-refractivity contribution in [1.29, 1.82) is 0 Å². The molecule has 1 saturated heterocycles. The van der Waals surface area contributed by atoms with Crippen molar-refractivity contribution in [1.82, 2.24) is 5.43 Å². The molecule has 0 bridgehead atoms. The molecular formula is C10H19N3OS. The van der Waals surface area contributed by atoms with Crippen molar-refractivity contribution in [2.24, 2.45) is 16.8 Å². The Kier molecular flexibility index (Phi) is 4.45. The molecule has 0 aromatic heterocycles. The van der Waals surface area contributed by atoms with Crippen molar-refractivity contribution in [3.8, 4) is 0 Å². The lowest BCUT2D eigenvalue weighted by Crippen LogP contribution is -2.35. The molecule has 1 heterocycles. The highest BCUT2D eigenvalue weighted by atomic mass is 32.2. The van der Waals surface area contributed by atoms with Crippen LogP contribution in [0.3, 0.4) is 0 Å². The summed E-state index contributed by atoms with van der Waals surface area (Å²) in [6.07, 6.45) is 2.06. The number of nitrogens with one attached hydrogen (secondary N) is 1. The molecule has 0 saturated carbocycles. The first-order chi connectivity index (χ1) is 7.04. The van der Waals surface area contributed by atoms with Gasteiger partial charge < -0.3 is 5.73 Å². The van der Waals surface area contributed by atoms with E-state index in [4.69, 9.17) is 5.73 Å². The van der Waals surface area contributed by atoms with Gasteiger partial charge in [-0.1, -0.05) is 20.8 Å². The zero-order valence-corrected chi connectivity index (χ0v) is 10.3. The topological polar surface area (TPSA) is 67.5 Å². The van der Waals surface area contributed by atoms with Gasteiger partial charge in [0, 0.05) is 22.1 Å². The Balaban J connectivity index is 2.69. The smallest absolute Gasteiger partial charge is 0.332 e. The summed E-state index contributed by atoms with van der Waals surface area (Å²) in [6, 6.07) is -0.589. The molecule has 1 aliphatic rings. The van der Waals surface area contributed by atoms with Crippen molar-refractivity contribution in [3.63, 3.8) is 0 Å². The second-order valence-electron chi connectivity index (χ2n) is 3.97. The maximum atomic E-state index is 10.6. The van der Waals surface area contributed by atoms with Crippen LogP contribution < -0.4 is 11.2 Å². The second kappa shape index (κ2) is 5.39. The van der Waals surface area contributed by atoms with Crippen molar-refractivity contribution in [3.05, 3.63) is 0 Å².